The SMILES string of the molecule is Cc1c(C(O)=C2C(=O)C(=O)N(CCN3CCOCC3)[C@H]2c2ccncc2)cnn1-c1ccccc1. The number of amides is 1. The van der Waals surface area contributed by atoms with E-state index in [0.29, 0.717) is 37.6 Å². The van der Waals surface area contributed by atoms with Gasteiger partial charge in [0.05, 0.1) is 48.0 Å². The van der Waals surface area contributed by atoms with E-state index in [2.05, 4.69) is 15.0 Å². The number of aromatic nitrogens is 3. The molecule has 4 heterocycles. The number of benzene rings is 1. The molecule has 9 heteroatoms. The molecule has 180 valence electrons. The third kappa shape index (κ3) is 4.36. The van der Waals surface area contributed by atoms with Gasteiger partial charge in [-0.05, 0) is 36.8 Å². The number of Topliss-reactive ketones (excluding diaryl/α,β-unsaturated/α-hetero) is 1. The molecule has 0 spiro atoms. The molecule has 2 saturated heterocycles. The minimum atomic E-state index is -0.710. The molecule has 1 atom stereocenters. The molecule has 1 aromatic carbocycles. The normalized spacial score (nSPS) is 20.5. The molecule has 2 aromatic heterocycles. The summed E-state index contributed by atoms with van der Waals surface area (Å²) in [6, 6.07) is 12.4. The molecule has 2 aliphatic rings. The lowest BCUT2D eigenvalue weighted by molar-refractivity contribution is -0.140. The van der Waals surface area contributed by atoms with Gasteiger partial charge in [0.25, 0.3) is 11.7 Å². The van der Waals surface area contributed by atoms with Crippen LogP contribution in [0.15, 0.2) is 66.6 Å². The summed E-state index contributed by atoms with van der Waals surface area (Å²) in [4.78, 5) is 34.3. The van der Waals surface area contributed by atoms with Crippen LogP contribution in [0.1, 0.15) is 22.9 Å². The molecular weight excluding hydrogens is 446 g/mol. The summed E-state index contributed by atoms with van der Waals surface area (Å²) in [5, 5.41) is 15.8. The van der Waals surface area contributed by atoms with Crippen molar-refractivity contribution in [3.63, 3.8) is 0 Å². The third-order valence-electron chi connectivity index (χ3n) is 6.59. The lowest BCUT2D eigenvalue weighted by atomic mass is 9.96. The molecule has 2 aliphatic heterocycles. The van der Waals surface area contributed by atoms with Crippen LogP contribution in [0.3, 0.4) is 0 Å². The summed E-state index contributed by atoms with van der Waals surface area (Å²) in [5.74, 6) is -1.54. The Morgan fingerprint density at radius 3 is 2.49 bits per heavy atom. The van der Waals surface area contributed by atoms with Crippen molar-refractivity contribution in [2.24, 2.45) is 0 Å². The first-order valence-corrected chi connectivity index (χ1v) is 11.6. The summed E-state index contributed by atoms with van der Waals surface area (Å²) >= 11 is 0. The minimum Gasteiger partial charge on any atom is -0.507 e. The van der Waals surface area contributed by atoms with Gasteiger partial charge in [0, 0.05) is 38.6 Å². The molecule has 0 radical (unpaired) electrons. The van der Waals surface area contributed by atoms with Crippen LogP contribution in [0, 0.1) is 6.92 Å². The van der Waals surface area contributed by atoms with Crippen LogP contribution in [0.25, 0.3) is 11.4 Å². The zero-order valence-electron chi connectivity index (χ0n) is 19.5. The fraction of sp³-hybridized carbons (Fsp3) is 0.308. The second-order valence-corrected chi connectivity index (χ2v) is 8.62. The Hall–Kier alpha value is -3.82. The van der Waals surface area contributed by atoms with Crippen molar-refractivity contribution >= 4 is 17.4 Å². The zero-order chi connectivity index (χ0) is 24.4. The van der Waals surface area contributed by atoms with E-state index in [-0.39, 0.29) is 11.3 Å². The predicted molar refractivity (Wildman–Crippen MR) is 129 cm³/mol. The highest BCUT2D eigenvalue weighted by Crippen LogP contribution is 2.39. The number of ether oxygens (including phenoxy) is 1. The van der Waals surface area contributed by atoms with Gasteiger partial charge < -0.3 is 14.7 Å². The monoisotopic (exact) mass is 473 g/mol. The van der Waals surface area contributed by atoms with Crippen molar-refractivity contribution in [2.45, 2.75) is 13.0 Å². The average molecular weight is 474 g/mol. The summed E-state index contributed by atoms with van der Waals surface area (Å²) in [6.07, 6.45) is 4.77. The average Bonchev–Trinajstić information content (AvgIpc) is 3.41. The van der Waals surface area contributed by atoms with Crippen molar-refractivity contribution in [2.75, 3.05) is 39.4 Å². The van der Waals surface area contributed by atoms with E-state index in [0.717, 1.165) is 24.3 Å². The molecule has 9 nitrogen and oxygen atoms in total. The van der Waals surface area contributed by atoms with Crippen LogP contribution in [0.4, 0.5) is 0 Å². The van der Waals surface area contributed by atoms with E-state index < -0.39 is 17.7 Å². The number of carbonyl (C=O) groups is 2. The minimum absolute atomic E-state index is 0.0684. The van der Waals surface area contributed by atoms with Gasteiger partial charge in [-0.25, -0.2) is 4.68 Å². The number of morpholine rings is 1. The number of aliphatic hydroxyl groups is 1. The Morgan fingerprint density at radius 1 is 1.06 bits per heavy atom. The second kappa shape index (κ2) is 9.81. The van der Waals surface area contributed by atoms with Crippen LogP contribution >= 0.6 is 0 Å². The molecule has 5 rings (SSSR count). The van der Waals surface area contributed by atoms with Crippen molar-refractivity contribution in [3.8, 4) is 5.69 Å². The van der Waals surface area contributed by atoms with Gasteiger partial charge >= 0.3 is 0 Å². The topological polar surface area (TPSA) is 101 Å². The number of ketones is 1. The van der Waals surface area contributed by atoms with Gasteiger partial charge in [-0.3, -0.25) is 19.5 Å². The van der Waals surface area contributed by atoms with E-state index in [1.165, 1.54) is 6.20 Å². The summed E-state index contributed by atoms with van der Waals surface area (Å²) < 4.78 is 7.11. The number of likely N-dealkylation sites (tertiary alicyclic amines) is 1. The molecule has 0 saturated carbocycles. The van der Waals surface area contributed by atoms with Crippen LogP contribution < -0.4 is 0 Å². The van der Waals surface area contributed by atoms with E-state index in [1.54, 1.807) is 34.1 Å². The predicted octanol–water partition coefficient (Wildman–Crippen LogP) is 2.33. The van der Waals surface area contributed by atoms with Gasteiger partial charge in [-0.2, -0.15) is 5.10 Å². The summed E-state index contributed by atoms with van der Waals surface area (Å²) in [6.45, 7) is 5.66. The lowest BCUT2D eigenvalue weighted by Gasteiger charge is -2.30. The van der Waals surface area contributed by atoms with Crippen LogP contribution in [-0.4, -0.2) is 80.8 Å². The number of nitrogens with zero attached hydrogens (tertiary/aromatic N) is 5. The van der Waals surface area contributed by atoms with E-state index in [9.17, 15) is 14.7 Å². The number of carbonyl (C=O) groups excluding carboxylic acids is 2. The van der Waals surface area contributed by atoms with Crippen molar-refractivity contribution in [1.29, 1.82) is 0 Å². The fourth-order valence-electron chi connectivity index (χ4n) is 4.69. The smallest absolute Gasteiger partial charge is 0.295 e. The molecule has 1 N–H and O–H groups in total. The molecule has 2 fully saturated rings. The maximum absolute atomic E-state index is 13.3. The number of rotatable bonds is 6. The lowest BCUT2D eigenvalue weighted by Crippen LogP contribution is -2.42. The molecular formula is C26H27N5O4. The fourth-order valence-corrected chi connectivity index (χ4v) is 4.69. The third-order valence-corrected chi connectivity index (χ3v) is 6.59. The van der Waals surface area contributed by atoms with Gasteiger partial charge in [0.15, 0.2) is 0 Å². The standard InChI is InChI=1S/C26H27N5O4/c1-18-21(17-28-31(18)20-5-3-2-4-6-20)24(32)22-23(19-7-9-27-10-8-19)30(26(34)25(22)33)12-11-29-13-15-35-16-14-29/h2-10,17,23,32H,11-16H2,1H3/t23-/m0/s1. The molecule has 3 aromatic rings. The van der Waals surface area contributed by atoms with Crippen molar-refractivity contribution in [3.05, 3.63) is 83.4 Å². The maximum Gasteiger partial charge on any atom is 0.295 e. The number of pyridine rings is 1. The Bertz CT molecular complexity index is 1250. The first kappa shape index (κ1) is 22.9. The van der Waals surface area contributed by atoms with E-state index in [4.69, 9.17) is 4.74 Å². The van der Waals surface area contributed by atoms with Crippen LogP contribution in [0.2, 0.25) is 0 Å². The Labute approximate surface area is 203 Å². The van der Waals surface area contributed by atoms with Crippen molar-refractivity contribution < 1.29 is 19.4 Å². The highest BCUT2D eigenvalue weighted by molar-refractivity contribution is 6.46. The van der Waals surface area contributed by atoms with Gasteiger partial charge in [-0.1, -0.05) is 18.2 Å². The maximum atomic E-state index is 13.3. The first-order chi connectivity index (χ1) is 17.1. The Kier molecular flexibility index (Phi) is 6.43. The molecule has 0 unspecified atom stereocenters. The van der Waals surface area contributed by atoms with E-state index >= 15 is 0 Å². The van der Waals surface area contributed by atoms with Crippen LogP contribution in [0.5, 0.6) is 0 Å². The second-order valence-electron chi connectivity index (χ2n) is 8.62. The van der Waals surface area contributed by atoms with Gasteiger partial charge in [0.1, 0.15) is 5.76 Å². The number of hydrogen-bond acceptors (Lipinski definition) is 7. The molecule has 0 aliphatic carbocycles. The Balaban J connectivity index is 1.54. The molecule has 1 amide bonds. The molecule has 35 heavy (non-hydrogen) atoms. The van der Waals surface area contributed by atoms with Gasteiger partial charge in [0.2, 0.25) is 0 Å². The largest absolute Gasteiger partial charge is 0.507 e. The van der Waals surface area contributed by atoms with E-state index in [1.807, 2.05) is 37.3 Å². The highest BCUT2D eigenvalue weighted by atomic mass is 16.5. The number of hydrogen-bond donors (Lipinski definition) is 1. The first-order valence-electron chi connectivity index (χ1n) is 11.6. The number of para-hydroxylation sites is 1. The summed E-state index contributed by atoms with van der Waals surface area (Å²) in [5.41, 5.74) is 2.70. The molecule has 0 bridgehead atoms. The van der Waals surface area contributed by atoms with Crippen LogP contribution in [-0.2, 0) is 14.3 Å². The zero-order valence-corrected chi connectivity index (χ0v) is 19.5. The van der Waals surface area contributed by atoms with Gasteiger partial charge in [-0.15, -0.1) is 0 Å². The quantitative estimate of drug-likeness (QED) is 0.333. The highest BCUT2D eigenvalue weighted by Gasteiger charge is 2.46. The number of aliphatic hydroxyl groups excluding tert-OH is 1. The summed E-state index contributed by atoms with van der Waals surface area (Å²) in [7, 11) is 0. The van der Waals surface area contributed by atoms with Crippen molar-refractivity contribution in [1.82, 2.24) is 24.6 Å². The Morgan fingerprint density at radius 2 is 1.77 bits per heavy atom.